The lowest BCUT2D eigenvalue weighted by Gasteiger charge is -2.14. The number of rotatable bonds is 20. The molecule has 4 atom stereocenters. The van der Waals surface area contributed by atoms with Gasteiger partial charge in [0, 0.05) is 11.9 Å². The van der Waals surface area contributed by atoms with Gasteiger partial charge in [0.2, 0.25) is 0 Å². The largest absolute Gasteiger partial charge is 0.396 e. The Labute approximate surface area is 213 Å². The van der Waals surface area contributed by atoms with Crippen molar-refractivity contribution in [3.8, 4) is 0 Å². The van der Waals surface area contributed by atoms with Crippen LogP contribution in [-0.4, -0.2) is 17.0 Å². The summed E-state index contributed by atoms with van der Waals surface area (Å²) < 4.78 is 0. The van der Waals surface area contributed by atoms with Crippen molar-refractivity contribution in [2.24, 2.45) is 35.5 Å². The van der Waals surface area contributed by atoms with Gasteiger partial charge in [-0.05, 0) is 48.3 Å². The van der Waals surface area contributed by atoms with Gasteiger partial charge in [-0.3, -0.25) is 0 Å². The summed E-state index contributed by atoms with van der Waals surface area (Å²) in [5, 5.41) is 9.98. The fourth-order valence-corrected chi connectivity index (χ4v) is 5.14. The lowest BCUT2D eigenvalue weighted by atomic mass is 9.93. The summed E-state index contributed by atoms with van der Waals surface area (Å²) >= 11 is 3.52. The van der Waals surface area contributed by atoms with Crippen molar-refractivity contribution in [3.05, 3.63) is 0 Å². The van der Waals surface area contributed by atoms with Crippen molar-refractivity contribution in [3.63, 3.8) is 0 Å². The SMILES string of the molecule is CC(C)CCCC(C)CCCC(C)CCBr.CC(C)CCCC(C)CCCC(C)CCO. The lowest BCUT2D eigenvalue weighted by molar-refractivity contribution is 0.255. The van der Waals surface area contributed by atoms with Gasteiger partial charge in [-0.2, -0.15) is 0 Å². The number of hydrogen-bond acceptors (Lipinski definition) is 1. The van der Waals surface area contributed by atoms with E-state index >= 15 is 0 Å². The summed E-state index contributed by atoms with van der Waals surface area (Å²) in [5.41, 5.74) is 0. The van der Waals surface area contributed by atoms with E-state index in [4.69, 9.17) is 5.11 Å². The first kappa shape index (κ1) is 34.6. The average Bonchev–Trinajstić information content (AvgIpc) is 2.68. The van der Waals surface area contributed by atoms with Gasteiger partial charge < -0.3 is 5.11 Å². The van der Waals surface area contributed by atoms with Gasteiger partial charge in [0.1, 0.15) is 0 Å². The molecule has 0 heterocycles. The zero-order chi connectivity index (χ0) is 24.8. The van der Waals surface area contributed by atoms with Crippen LogP contribution in [0.4, 0.5) is 0 Å². The second-order valence-electron chi connectivity index (χ2n) is 11.9. The fourth-order valence-electron chi connectivity index (χ4n) is 4.36. The zero-order valence-electron chi connectivity index (χ0n) is 23.6. The minimum absolute atomic E-state index is 0.352. The van der Waals surface area contributed by atoms with Crippen molar-refractivity contribution in [1.29, 1.82) is 0 Å². The van der Waals surface area contributed by atoms with Crippen LogP contribution in [-0.2, 0) is 0 Å². The van der Waals surface area contributed by atoms with E-state index in [1.807, 2.05) is 0 Å². The van der Waals surface area contributed by atoms with Gasteiger partial charge in [0.25, 0.3) is 0 Å². The predicted molar refractivity (Wildman–Crippen MR) is 152 cm³/mol. The second kappa shape index (κ2) is 24.6. The third kappa shape index (κ3) is 28.5. The molecule has 1 N–H and O–H groups in total. The topological polar surface area (TPSA) is 20.2 Å². The third-order valence-electron chi connectivity index (χ3n) is 6.97. The van der Waals surface area contributed by atoms with Crippen LogP contribution in [0.15, 0.2) is 0 Å². The van der Waals surface area contributed by atoms with E-state index in [0.29, 0.717) is 12.5 Å². The van der Waals surface area contributed by atoms with Crippen LogP contribution in [0.25, 0.3) is 0 Å². The van der Waals surface area contributed by atoms with Crippen molar-refractivity contribution < 1.29 is 5.11 Å². The maximum Gasteiger partial charge on any atom is 0.0433 e. The summed E-state index contributed by atoms with van der Waals surface area (Å²) in [6, 6.07) is 0. The van der Waals surface area contributed by atoms with E-state index in [2.05, 4.69) is 71.3 Å². The Bertz CT molecular complexity index is 321. The first-order valence-electron chi connectivity index (χ1n) is 14.3. The van der Waals surface area contributed by atoms with E-state index in [9.17, 15) is 0 Å². The molecule has 0 saturated carbocycles. The Kier molecular flexibility index (Phi) is 26.6. The standard InChI is InChI=1S/C15H31Br.C15H32O/c2*1-13(2)7-5-8-14(3)9-6-10-15(4)11-12-16/h13-15H,5-12H2,1-4H3;13-16H,5-12H2,1-4H3. The van der Waals surface area contributed by atoms with Crippen molar-refractivity contribution in [2.75, 3.05) is 11.9 Å². The van der Waals surface area contributed by atoms with E-state index in [0.717, 1.165) is 41.3 Å². The molecule has 0 aromatic heterocycles. The maximum atomic E-state index is 8.81. The van der Waals surface area contributed by atoms with Crippen LogP contribution < -0.4 is 0 Å². The molecule has 0 aliphatic rings. The van der Waals surface area contributed by atoms with Gasteiger partial charge in [0.15, 0.2) is 0 Å². The van der Waals surface area contributed by atoms with Crippen LogP contribution in [0, 0.1) is 35.5 Å². The van der Waals surface area contributed by atoms with Crippen LogP contribution >= 0.6 is 15.9 Å². The molecular formula is C30H63BrO. The summed E-state index contributed by atoms with van der Waals surface area (Å²) in [4.78, 5) is 0. The normalized spacial score (nSPS) is 15.4. The molecule has 0 aromatic carbocycles. The van der Waals surface area contributed by atoms with Crippen LogP contribution in [0.5, 0.6) is 0 Å². The molecule has 0 rings (SSSR count). The fraction of sp³-hybridized carbons (Fsp3) is 1.00. The van der Waals surface area contributed by atoms with E-state index in [1.54, 1.807) is 0 Å². The molecule has 0 spiro atoms. The molecule has 1 nitrogen and oxygen atoms in total. The van der Waals surface area contributed by atoms with Gasteiger partial charge >= 0.3 is 0 Å². The highest BCUT2D eigenvalue weighted by atomic mass is 79.9. The monoisotopic (exact) mass is 518 g/mol. The molecule has 4 unspecified atom stereocenters. The molecule has 0 saturated heterocycles. The van der Waals surface area contributed by atoms with Crippen LogP contribution in [0.1, 0.15) is 145 Å². The summed E-state index contributed by atoms with van der Waals surface area (Å²) in [6.07, 6.45) is 19.0. The molecule has 0 radical (unpaired) electrons. The maximum absolute atomic E-state index is 8.81. The van der Waals surface area contributed by atoms with Crippen molar-refractivity contribution in [1.82, 2.24) is 0 Å². The minimum atomic E-state index is 0.352. The van der Waals surface area contributed by atoms with E-state index in [-0.39, 0.29) is 0 Å². The van der Waals surface area contributed by atoms with E-state index < -0.39 is 0 Å². The molecule has 0 aliphatic carbocycles. The molecule has 0 fully saturated rings. The quantitative estimate of drug-likeness (QED) is 0.159. The highest BCUT2D eigenvalue weighted by Gasteiger charge is 2.07. The van der Waals surface area contributed by atoms with Crippen LogP contribution in [0.3, 0.4) is 0 Å². The summed E-state index contributed by atoms with van der Waals surface area (Å²) in [5.74, 6) is 5.17. The van der Waals surface area contributed by atoms with Crippen molar-refractivity contribution in [2.45, 2.75) is 145 Å². The Balaban J connectivity index is 0. The molecule has 0 amide bonds. The third-order valence-corrected chi connectivity index (χ3v) is 7.43. The Morgan fingerprint density at radius 3 is 1.00 bits per heavy atom. The molecule has 0 bridgehead atoms. The smallest absolute Gasteiger partial charge is 0.0433 e. The van der Waals surface area contributed by atoms with Gasteiger partial charge in [-0.25, -0.2) is 0 Å². The van der Waals surface area contributed by atoms with Gasteiger partial charge in [-0.1, -0.05) is 148 Å². The number of hydrogen-bond donors (Lipinski definition) is 1. The Morgan fingerprint density at radius 1 is 0.438 bits per heavy atom. The number of aliphatic hydroxyl groups excluding tert-OH is 1. The summed E-state index contributed by atoms with van der Waals surface area (Å²) in [6.45, 7) is 19.1. The average molecular weight is 520 g/mol. The Morgan fingerprint density at radius 2 is 0.719 bits per heavy atom. The van der Waals surface area contributed by atoms with E-state index in [1.165, 1.54) is 83.5 Å². The zero-order valence-corrected chi connectivity index (χ0v) is 25.2. The molecule has 0 aromatic rings. The number of alkyl halides is 1. The number of halogens is 1. The van der Waals surface area contributed by atoms with Crippen LogP contribution in [0.2, 0.25) is 0 Å². The summed E-state index contributed by atoms with van der Waals surface area (Å²) in [7, 11) is 0. The first-order valence-corrected chi connectivity index (χ1v) is 15.4. The first-order chi connectivity index (χ1) is 15.1. The molecular weight excluding hydrogens is 456 g/mol. The molecule has 2 heteroatoms. The molecule has 196 valence electrons. The minimum Gasteiger partial charge on any atom is -0.396 e. The lowest BCUT2D eigenvalue weighted by Crippen LogP contribution is -2.01. The highest BCUT2D eigenvalue weighted by Crippen LogP contribution is 2.21. The predicted octanol–water partition coefficient (Wildman–Crippen LogP) is 10.7. The highest BCUT2D eigenvalue weighted by molar-refractivity contribution is 9.09. The van der Waals surface area contributed by atoms with Gasteiger partial charge in [-0.15, -0.1) is 0 Å². The second-order valence-corrected chi connectivity index (χ2v) is 12.7. The van der Waals surface area contributed by atoms with Crippen molar-refractivity contribution >= 4 is 15.9 Å². The molecule has 0 aliphatic heterocycles. The number of aliphatic hydroxyl groups is 1. The Hall–Kier alpha value is 0.440. The van der Waals surface area contributed by atoms with Gasteiger partial charge in [0.05, 0.1) is 0 Å². The molecule has 32 heavy (non-hydrogen) atoms.